The maximum Gasteiger partial charge on any atom is 0.337 e. The van der Waals surface area contributed by atoms with E-state index in [0.29, 0.717) is 27.8 Å². The van der Waals surface area contributed by atoms with Gasteiger partial charge >= 0.3 is 5.97 Å². The summed E-state index contributed by atoms with van der Waals surface area (Å²) >= 11 is 1.32. The van der Waals surface area contributed by atoms with Gasteiger partial charge in [-0.15, -0.1) is 10.2 Å². The molecule has 5 rings (SSSR count). The highest BCUT2D eigenvalue weighted by Crippen LogP contribution is 2.32. The van der Waals surface area contributed by atoms with Gasteiger partial charge in [0.25, 0.3) is 5.91 Å². The number of carboxylic acid groups (broad SMARTS) is 1. The van der Waals surface area contributed by atoms with Crippen LogP contribution in [0.25, 0.3) is 10.6 Å². The number of carboxylic acids is 1. The average Bonchev–Trinajstić information content (AvgIpc) is 3.54. The molecule has 0 atom stereocenters. The van der Waals surface area contributed by atoms with E-state index < -0.39 is 11.9 Å². The monoisotopic (exact) mass is 459 g/mol. The minimum Gasteiger partial charge on any atom is -0.478 e. The van der Waals surface area contributed by atoms with Gasteiger partial charge in [-0.25, -0.2) is 4.79 Å². The van der Waals surface area contributed by atoms with Crippen molar-refractivity contribution in [3.05, 3.63) is 71.0 Å². The number of aryl methyl sites for hydroxylation is 1. The van der Waals surface area contributed by atoms with Crippen LogP contribution in [-0.2, 0) is 13.6 Å². The van der Waals surface area contributed by atoms with Crippen LogP contribution in [0.1, 0.15) is 31.8 Å². The van der Waals surface area contributed by atoms with Crippen LogP contribution >= 0.6 is 11.3 Å². The number of aromatic nitrogens is 4. The summed E-state index contributed by atoms with van der Waals surface area (Å²) < 4.78 is 1.49. The Bertz CT molecular complexity index is 1420. The Morgan fingerprint density at radius 3 is 2.82 bits per heavy atom. The van der Waals surface area contributed by atoms with Crippen LogP contribution in [0.3, 0.4) is 0 Å². The van der Waals surface area contributed by atoms with E-state index in [1.165, 1.54) is 33.8 Å². The van der Waals surface area contributed by atoms with E-state index in [4.69, 9.17) is 0 Å². The number of anilines is 3. The molecule has 0 saturated carbocycles. The summed E-state index contributed by atoms with van der Waals surface area (Å²) in [5.74, 6) is -1.61. The van der Waals surface area contributed by atoms with Gasteiger partial charge in [-0.2, -0.15) is 5.10 Å². The molecule has 33 heavy (non-hydrogen) atoms. The van der Waals surface area contributed by atoms with Gasteiger partial charge < -0.3 is 15.7 Å². The Hall–Kier alpha value is -4.38. The summed E-state index contributed by atoms with van der Waals surface area (Å²) in [5, 5.41) is 29.0. The molecule has 0 unspecified atom stereocenters. The van der Waals surface area contributed by atoms with E-state index in [9.17, 15) is 14.7 Å². The SMILES string of the molecule is Cn1cc(C(=O)Nc2cc(-c3nnc(Nc4ccc5c(c4)C=NC5)s3)ccc2C(=O)O)cn1. The van der Waals surface area contributed by atoms with Crippen molar-refractivity contribution in [2.24, 2.45) is 12.0 Å². The lowest BCUT2D eigenvalue weighted by atomic mass is 10.1. The summed E-state index contributed by atoms with van der Waals surface area (Å²) in [5.41, 5.74) is 4.21. The normalized spacial score (nSPS) is 11.9. The van der Waals surface area contributed by atoms with E-state index in [1.807, 2.05) is 24.4 Å². The molecule has 3 N–H and O–H groups in total. The van der Waals surface area contributed by atoms with Crippen LogP contribution in [0, 0.1) is 0 Å². The van der Waals surface area contributed by atoms with Gasteiger partial charge in [0.05, 0.1) is 29.6 Å². The predicted molar refractivity (Wildman–Crippen MR) is 124 cm³/mol. The molecule has 2 aromatic heterocycles. The summed E-state index contributed by atoms with van der Waals surface area (Å²) in [6.07, 6.45) is 4.80. The third-order valence-electron chi connectivity index (χ3n) is 5.03. The topological polar surface area (TPSA) is 134 Å². The molecule has 10 nitrogen and oxygen atoms in total. The zero-order valence-corrected chi connectivity index (χ0v) is 18.1. The van der Waals surface area contributed by atoms with E-state index in [0.717, 1.165) is 11.3 Å². The Kier molecular flexibility index (Phi) is 5.15. The molecule has 1 amide bonds. The molecular weight excluding hydrogens is 442 g/mol. The number of hydrogen-bond acceptors (Lipinski definition) is 8. The van der Waals surface area contributed by atoms with E-state index in [1.54, 1.807) is 25.4 Å². The highest BCUT2D eigenvalue weighted by atomic mass is 32.1. The summed E-state index contributed by atoms with van der Waals surface area (Å²) in [4.78, 5) is 28.5. The minimum absolute atomic E-state index is 0.0290. The van der Waals surface area contributed by atoms with Gasteiger partial charge in [0, 0.05) is 30.7 Å². The second kappa shape index (κ2) is 8.28. The fourth-order valence-corrected chi connectivity index (χ4v) is 4.15. The predicted octanol–water partition coefficient (Wildman–Crippen LogP) is 3.57. The molecule has 1 aliphatic rings. The fourth-order valence-electron chi connectivity index (χ4n) is 3.39. The molecule has 2 aromatic carbocycles. The van der Waals surface area contributed by atoms with Gasteiger partial charge in [-0.3, -0.25) is 14.5 Å². The van der Waals surface area contributed by atoms with Crippen molar-refractivity contribution in [2.75, 3.05) is 10.6 Å². The number of aromatic carboxylic acids is 1. The average molecular weight is 459 g/mol. The van der Waals surface area contributed by atoms with Crippen molar-refractivity contribution in [1.82, 2.24) is 20.0 Å². The zero-order chi connectivity index (χ0) is 22.9. The molecule has 3 heterocycles. The summed E-state index contributed by atoms with van der Waals surface area (Å²) in [7, 11) is 1.69. The van der Waals surface area contributed by atoms with Gasteiger partial charge in [0.15, 0.2) is 0 Å². The van der Waals surface area contributed by atoms with Crippen molar-refractivity contribution >= 4 is 45.9 Å². The molecule has 0 radical (unpaired) electrons. The number of hydrogen-bond donors (Lipinski definition) is 3. The highest BCUT2D eigenvalue weighted by Gasteiger charge is 2.17. The first-order valence-electron chi connectivity index (χ1n) is 9.87. The van der Waals surface area contributed by atoms with Gasteiger partial charge in [-0.05, 0) is 35.4 Å². The van der Waals surface area contributed by atoms with E-state index in [2.05, 4.69) is 30.9 Å². The molecule has 11 heteroatoms. The second-order valence-electron chi connectivity index (χ2n) is 7.34. The zero-order valence-electron chi connectivity index (χ0n) is 17.3. The number of nitrogens with zero attached hydrogens (tertiary/aromatic N) is 5. The van der Waals surface area contributed by atoms with Crippen LogP contribution in [0.5, 0.6) is 0 Å². The van der Waals surface area contributed by atoms with Crippen molar-refractivity contribution in [2.45, 2.75) is 6.54 Å². The maximum absolute atomic E-state index is 12.5. The second-order valence-corrected chi connectivity index (χ2v) is 8.32. The number of aliphatic imine (C=N–C) groups is 1. The Morgan fingerprint density at radius 2 is 2.03 bits per heavy atom. The molecule has 4 aromatic rings. The Morgan fingerprint density at radius 1 is 1.15 bits per heavy atom. The molecule has 164 valence electrons. The van der Waals surface area contributed by atoms with Crippen LogP contribution in [0.4, 0.5) is 16.5 Å². The number of fused-ring (bicyclic) bond motifs is 1. The quantitative estimate of drug-likeness (QED) is 0.401. The third kappa shape index (κ3) is 4.21. The smallest absolute Gasteiger partial charge is 0.337 e. The van der Waals surface area contributed by atoms with Crippen LogP contribution in [0.2, 0.25) is 0 Å². The molecule has 0 saturated heterocycles. The fraction of sp³-hybridized carbons (Fsp3) is 0.0909. The van der Waals surface area contributed by atoms with Crippen molar-refractivity contribution < 1.29 is 14.7 Å². The lowest BCUT2D eigenvalue weighted by Crippen LogP contribution is -2.14. The maximum atomic E-state index is 12.5. The van der Waals surface area contributed by atoms with Crippen LogP contribution < -0.4 is 10.6 Å². The Balaban J connectivity index is 1.39. The van der Waals surface area contributed by atoms with Crippen molar-refractivity contribution in [3.63, 3.8) is 0 Å². The standard InChI is InChI=1S/C22H17N7O3S/c1-29-11-15(10-24-29)19(30)26-18-7-12(3-5-17(18)21(31)32)20-27-28-22(33-20)25-16-4-2-13-8-23-9-14(13)6-16/h2-7,9-11H,8H2,1H3,(H,25,28)(H,26,30)(H,31,32). The van der Waals surface area contributed by atoms with Crippen LogP contribution in [-0.4, -0.2) is 43.2 Å². The first kappa shape index (κ1) is 20.5. The van der Waals surface area contributed by atoms with Gasteiger partial charge in [-0.1, -0.05) is 23.5 Å². The number of carbonyl (C=O) groups is 2. The number of amides is 1. The lowest BCUT2D eigenvalue weighted by Gasteiger charge is -2.09. The van der Waals surface area contributed by atoms with E-state index >= 15 is 0 Å². The summed E-state index contributed by atoms with van der Waals surface area (Å²) in [6, 6.07) is 10.6. The minimum atomic E-state index is -1.15. The van der Waals surface area contributed by atoms with Crippen molar-refractivity contribution in [1.29, 1.82) is 0 Å². The van der Waals surface area contributed by atoms with Crippen molar-refractivity contribution in [3.8, 4) is 10.6 Å². The number of carbonyl (C=O) groups excluding carboxylic acids is 1. The number of benzene rings is 2. The molecule has 1 aliphatic heterocycles. The van der Waals surface area contributed by atoms with E-state index in [-0.39, 0.29) is 11.3 Å². The lowest BCUT2D eigenvalue weighted by molar-refractivity contribution is 0.0698. The van der Waals surface area contributed by atoms with Crippen LogP contribution in [0.15, 0.2) is 53.8 Å². The Labute approximate surface area is 191 Å². The molecule has 0 bridgehead atoms. The number of rotatable bonds is 6. The third-order valence-corrected chi connectivity index (χ3v) is 5.91. The van der Waals surface area contributed by atoms with Gasteiger partial charge in [0.2, 0.25) is 5.13 Å². The first-order chi connectivity index (χ1) is 16.0. The first-order valence-corrected chi connectivity index (χ1v) is 10.7. The molecule has 0 fully saturated rings. The molecular formula is C22H17N7O3S. The molecule has 0 aliphatic carbocycles. The largest absolute Gasteiger partial charge is 0.478 e. The summed E-state index contributed by atoms with van der Waals surface area (Å²) in [6.45, 7) is 0.699. The highest BCUT2D eigenvalue weighted by molar-refractivity contribution is 7.18. The number of nitrogens with one attached hydrogen (secondary N) is 2. The molecule has 0 spiro atoms. The van der Waals surface area contributed by atoms with Gasteiger partial charge in [0.1, 0.15) is 5.01 Å².